The van der Waals surface area contributed by atoms with Crippen molar-refractivity contribution < 1.29 is 4.79 Å². The number of rotatable bonds is 5. The largest absolute Gasteiger partial charge is 0.337 e. The minimum absolute atomic E-state index is 0.0766. The smallest absolute Gasteiger partial charge is 0.272 e. The van der Waals surface area contributed by atoms with E-state index in [1.807, 2.05) is 11.8 Å². The van der Waals surface area contributed by atoms with Gasteiger partial charge in [-0.15, -0.1) is 0 Å². The van der Waals surface area contributed by atoms with Crippen molar-refractivity contribution in [1.82, 2.24) is 19.8 Å². The van der Waals surface area contributed by atoms with Gasteiger partial charge in [0.2, 0.25) is 0 Å². The molecule has 4 rings (SSSR count). The fourth-order valence-electron chi connectivity index (χ4n) is 5.29. The zero-order valence-corrected chi connectivity index (χ0v) is 20.9. The van der Waals surface area contributed by atoms with Crippen LogP contribution in [0.15, 0.2) is 30.6 Å². The van der Waals surface area contributed by atoms with E-state index in [0.717, 1.165) is 50.0 Å². The highest BCUT2D eigenvalue weighted by Gasteiger charge is 2.28. The van der Waals surface area contributed by atoms with Crippen molar-refractivity contribution in [2.24, 2.45) is 0 Å². The van der Waals surface area contributed by atoms with E-state index in [1.54, 1.807) is 6.33 Å². The van der Waals surface area contributed by atoms with Gasteiger partial charge in [-0.3, -0.25) is 4.79 Å². The lowest BCUT2D eigenvalue weighted by Gasteiger charge is -2.26. The second kappa shape index (κ2) is 10.3. The summed E-state index contributed by atoms with van der Waals surface area (Å²) < 4.78 is 0. The number of benzene rings is 1. The van der Waals surface area contributed by atoms with Gasteiger partial charge < -0.3 is 9.80 Å². The summed E-state index contributed by atoms with van der Waals surface area (Å²) in [5.74, 6) is 0.0766. The molecule has 1 amide bonds. The molecule has 1 atom stereocenters. The molecule has 178 valence electrons. The van der Waals surface area contributed by atoms with Crippen LogP contribution in [0, 0.1) is 6.92 Å². The van der Waals surface area contributed by atoms with Gasteiger partial charge in [0.05, 0.1) is 0 Å². The van der Waals surface area contributed by atoms with Gasteiger partial charge in [0, 0.05) is 30.4 Å². The molecule has 2 aliphatic rings. The monoisotopic (exact) mass is 448 g/mol. The first-order valence-electron chi connectivity index (χ1n) is 12.8. The molecule has 1 aromatic carbocycles. The van der Waals surface area contributed by atoms with Crippen LogP contribution in [0.25, 0.3) is 0 Å². The first kappa shape index (κ1) is 23.9. The van der Waals surface area contributed by atoms with Crippen LogP contribution < -0.4 is 0 Å². The van der Waals surface area contributed by atoms with Crippen molar-refractivity contribution in [2.45, 2.75) is 84.1 Å². The molecule has 0 bridgehead atoms. The van der Waals surface area contributed by atoms with Crippen LogP contribution in [0.5, 0.6) is 0 Å². The molecule has 1 unspecified atom stereocenters. The van der Waals surface area contributed by atoms with E-state index in [0.29, 0.717) is 11.7 Å². The minimum atomic E-state index is 0.0766. The Bertz CT molecular complexity index is 941. The topological polar surface area (TPSA) is 49.3 Å². The molecule has 5 nitrogen and oxygen atoms in total. The number of amides is 1. The summed E-state index contributed by atoms with van der Waals surface area (Å²) in [6.45, 7) is 12.8. The Labute approximate surface area is 199 Å². The van der Waals surface area contributed by atoms with Gasteiger partial charge in [0.15, 0.2) is 0 Å². The lowest BCUT2D eigenvalue weighted by atomic mass is 9.86. The average molecular weight is 449 g/mol. The standard InChI is InChI=1S/C28H40N4O/c1-21-25(14-11-22-9-12-23(13-10-22)28(2,3)4)29-20-30-26(21)27(33)32-18-7-8-24(15-19-32)31-16-5-6-17-31/h9-10,12-13,20,24H,5-8,11,14-19H2,1-4H3. The number of aryl methyl sites for hydroxylation is 2. The third-order valence-corrected chi connectivity index (χ3v) is 7.50. The van der Waals surface area contributed by atoms with Crippen LogP contribution in [0.1, 0.15) is 85.7 Å². The lowest BCUT2D eigenvalue weighted by molar-refractivity contribution is 0.0750. The third kappa shape index (κ3) is 5.81. The van der Waals surface area contributed by atoms with Crippen molar-refractivity contribution in [3.8, 4) is 0 Å². The molecule has 33 heavy (non-hydrogen) atoms. The lowest BCUT2D eigenvalue weighted by Crippen LogP contribution is -2.36. The van der Waals surface area contributed by atoms with Gasteiger partial charge >= 0.3 is 0 Å². The van der Waals surface area contributed by atoms with Crippen LogP contribution in [-0.2, 0) is 18.3 Å². The van der Waals surface area contributed by atoms with Crippen LogP contribution in [0.3, 0.4) is 0 Å². The fourth-order valence-corrected chi connectivity index (χ4v) is 5.29. The van der Waals surface area contributed by atoms with Crippen molar-refractivity contribution in [3.05, 3.63) is 58.7 Å². The SMILES string of the molecule is Cc1c(CCc2ccc(C(C)(C)C)cc2)ncnc1C(=O)N1CCCC(N2CCCC2)CC1. The molecule has 2 aromatic rings. The molecule has 2 fully saturated rings. The molecule has 2 aliphatic heterocycles. The minimum Gasteiger partial charge on any atom is -0.337 e. The van der Waals surface area contributed by atoms with E-state index in [4.69, 9.17) is 0 Å². The van der Waals surface area contributed by atoms with Crippen LogP contribution in [0.2, 0.25) is 0 Å². The van der Waals surface area contributed by atoms with E-state index in [-0.39, 0.29) is 11.3 Å². The van der Waals surface area contributed by atoms with Crippen molar-refractivity contribution in [3.63, 3.8) is 0 Å². The maximum Gasteiger partial charge on any atom is 0.272 e. The molecule has 0 N–H and O–H groups in total. The molecule has 5 heteroatoms. The molecule has 1 aromatic heterocycles. The van der Waals surface area contributed by atoms with Gasteiger partial charge in [-0.1, -0.05) is 45.0 Å². The number of aromatic nitrogens is 2. The summed E-state index contributed by atoms with van der Waals surface area (Å²) in [5, 5.41) is 0. The summed E-state index contributed by atoms with van der Waals surface area (Å²) in [6.07, 6.45) is 9.31. The second-order valence-electron chi connectivity index (χ2n) is 10.9. The van der Waals surface area contributed by atoms with E-state index in [2.05, 4.69) is 59.9 Å². The first-order chi connectivity index (χ1) is 15.8. The van der Waals surface area contributed by atoms with Crippen LogP contribution in [0.4, 0.5) is 0 Å². The molecular weight excluding hydrogens is 408 g/mol. The van der Waals surface area contributed by atoms with Crippen molar-refractivity contribution in [1.29, 1.82) is 0 Å². The number of likely N-dealkylation sites (tertiary alicyclic amines) is 2. The number of hydrogen-bond acceptors (Lipinski definition) is 4. The number of carbonyl (C=O) groups is 1. The van der Waals surface area contributed by atoms with Gasteiger partial charge in [-0.2, -0.15) is 0 Å². The molecule has 2 saturated heterocycles. The predicted octanol–water partition coefficient (Wildman–Crippen LogP) is 4.96. The average Bonchev–Trinajstić information content (AvgIpc) is 3.22. The Kier molecular flexibility index (Phi) is 7.48. The Morgan fingerprint density at radius 3 is 2.36 bits per heavy atom. The maximum absolute atomic E-state index is 13.4. The third-order valence-electron chi connectivity index (χ3n) is 7.50. The van der Waals surface area contributed by atoms with Gasteiger partial charge in [0.25, 0.3) is 5.91 Å². The number of hydrogen-bond donors (Lipinski definition) is 0. The Morgan fingerprint density at radius 1 is 0.939 bits per heavy atom. The first-order valence-corrected chi connectivity index (χ1v) is 12.8. The zero-order valence-electron chi connectivity index (χ0n) is 20.9. The molecule has 0 saturated carbocycles. The summed E-state index contributed by atoms with van der Waals surface area (Å²) >= 11 is 0. The van der Waals surface area contributed by atoms with Gasteiger partial charge in [-0.05, 0) is 81.5 Å². The number of nitrogens with zero attached hydrogens (tertiary/aromatic N) is 4. The predicted molar refractivity (Wildman–Crippen MR) is 134 cm³/mol. The highest BCUT2D eigenvalue weighted by molar-refractivity contribution is 5.93. The summed E-state index contributed by atoms with van der Waals surface area (Å²) in [7, 11) is 0. The Morgan fingerprint density at radius 2 is 1.67 bits per heavy atom. The van der Waals surface area contributed by atoms with E-state index in [9.17, 15) is 4.79 Å². The second-order valence-corrected chi connectivity index (χ2v) is 10.9. The zero-order chi connectivity index (χ0) is 23.4. The maximum atomic E-state index is 13.4. The normalized spacial score (nSPS) is 20.1. The van der Waals surface area contributed by atoms with E-state index >= 15 is 0 Å². The molecule has 0 spiro atoms. The van der Waals surface area contributed by atoms with Crippen LogP contribution >= 0.6 is 0 Å². The number of carbonyl (C=O) groups excluding carboxylic acids is 1. The van der Waals surface area contributed by atoms with E-state index in [1.165, 1.54) is 43.5 Å². The molecule has 0 radical (unpaired) electrons. The van der Waals surface area contributed by atoms with E-state index < -0.39 is 0 Å². The van der Waals surface area contributed by atoms with Crippen molar-refractivity contribution in [2.75, 3.05) is 26.2 Å². The van der Waals surface area contributed by atoms with Gasteiger partial charge in [0.1, 0.15) is 12.0 Å². The molecule has 0 aliphatic carbocycles. The summed E-state index contributed by atoms with van der Waals surface area (Å²) in [6, 6.07) is 9.53. The quantitative estimate of drug-likeness (QED) is 0.649. The summed E-state index contributed by atoms with van der Waals surface area (Å²) in [5.41, 5.74) is 5.32. The highest BCUT2D eigenvalue weighted by Crippen LogP contribution is 2.24. The fraction of sp³-hybridized carbons (Fsp3) is 0.607. The molecular formula is C28H40N4O. The summed E-state index contributed by atoms with van der Waals surface area (Å²) in [4.78, 5) is 27.0. The Balaban J connectivity index is 1.39. The highest BCUT2D eigenvalue weighted by atomic mass is 16.2. The van der Waals surface area contributed by atoms with Crippen LogP contribution in [-0.4, -0.2) is 57.9 Å². The van der Waals surface area contributed by atoms with Crippen molar-refractivity contribution >= 4 is 5.91 Å². The van der Waals surface area contributed by atoms with Gasteiger partial charge in [-0.25, -0.2) is 9.97 Å². The molecule has 3 heterocycles. The Hall–Kier alpha value is -2.27.